The Kier molecular flexibility index (Phi) is 3.14. The molecule has 17 heavy (non-hydrogen) atoms. The molecular weight excluding hydrogens is 248 g/mol. The summed E-state index contributed by atoms with van der Waals surface area (Å²) in [5.74, 6) is -0.472. The molecule has 0 aromatic carbocycles. The highest BCUT2D eigenvalue weighted by molar-refractivity contribution is 7.91. The van der Waals surface area contributed by atoms with E-state index < -0.39 is 15.8 Å². The van der Waals surface area contributed by atoms with Gasteiger partial charge in [0.05, 0.1) is 11.5 Å². The fourth-order valence-electron chi connectivity index (χ4n) is 1.77. The lowest BCUT2D eigenvalue weighted by atomic mass is 10.0. The van der Waals surface area contributed by atoms with Crippen LogP contribution in [0.4, 0.5) is 0 Å². The molecule has 8 heteroatoms. The molecule has 1 aromatic rings. The van der Waals surface area contributed by atoms with Crippen molar-refractivity contribution in [1.29, 1.82) is 0 Å². The molecule has 1 aliphatic heterocycles. The molecule has 0 spiro atoms. The lowest BCUT2D eigenvalue weighted by molar-refractivity contribution is -0.136. The third-order valence-electron chi connectivity index (χ3n) is 2.69. The molecule has 1 aromatic heterocycles. The van der Waals surface area contributed by atoms with E-state index in [-0.39, 0.29) is 29.7 Å². The second kappa shape index (κ2) is 4.44. The third kappa shape index (κ3) is 3.02. The van der Waals surface area contributed by atoms with Gasteiger partial charge in [0.15, 0.2) is 0 Å². The standard InChI is InChI=1S/C9H12N2O5S/c12-8(13)5-7-10-11-9(16-7)6-1-3-17(14,15)4-2-6/h6H,1-5H2,(H,12,13). The Labute approximate surface area is 97.8 Å². The van der Waals surface area contributed by atoms with Crippen LogP contribution >= 0.6 is 0 Å². The monoisotopic (exact) mass is 260 g/mol. The zero-order valence-electron chi connectivity index (χ0n) is 9.00. The van der Waals surface area contributed by atoms with Crippen molar-refractivity contribution >= 4 is 15.8 Å². The maximum atomic E-state index is 11.2. The smallest absolute Gasteiger partial charge is 0.312 e. The molecule has 1 fully saturated rings. The Bertz CT molecular complexity index is 507. The van der Waals surface area contributed by atoms with E-state index in [0.717, 1.165) is 0 Å². The van der Waals surface area contributed by atoms with Gasteiger partial charge in [0.2, 0.25) is 11.8 Å². The van der Waals surface area contributed by atoms with Gasteiger partial charge in [-0.1, -0.05) is 0 Å². The Morgan fingerprint density at radius 1 is 1.35 bits per heavy atom. The van der Waals surface area contributed by atoms with Gasteiger partial charge >= 0.3 is 5.97 Å². The highest BCUT2D eigenvalue weighted by atomic mass is 32.2. The first-order valence-electron chi connectivity index (χ1n) is 5.21. The van der Waals surface area contributed by atoms with Crippen LogP contribution in [0.15, 0.2) is 4.42 Å². The molecule has 0 bridgehead atoms. The Morgan fingerprint density at radius 2 is 2.00 bits per heavy atom. The van der Waals surface area contributed by atoms with E-state index in [1.807, 2.05) is 0 Å². The first kappa shape index (κ1) is 12.0. The number of sulfone groups is 1. The molecule has 0 atom stereocenters. The molecule has 0 aliphatic carbocycles. The molecule has 0 amide bonds. The normalized spacial score (nSPS) is 20.2. The van der Waals surface area contributed by atoms with Crippen molar-refractivity contribution in [2.75, 3.05) is 11.5 Å². The number of aliphatic carboxylic acids is 1. The number of rotatable bonds is 3. The first-order valence-corrected chi connectivity index (χ1v) is 7.03. The van der Waals surface area contributed by atoms with Crippen LogP contribution in [0.1, 0.15) is 30.5 Å². The molecule has 1 N–H and O–H groups in total. The summed E-state index contributed by atoms with van der Waals surface area (Å²) in [6, 6.07) is 0. The van der Waals surface area contributed by atoms with Gasteiger partial charge in [0.25, 0.3) is 0 Å². The number of hydrogen-bond acceptors (Lipinski definition) is 6. The molecule has 2 heterocycles. The van der Waals surface area contributed by atoms with Crippen molar-refractivity contribution in [3.8, 4) is 0 Å². The molecule has 7 nitrogen and oxygen atoms in total. The van der Waals surface area contributed by atoms with Gasteiger partial charge in [-0.2, -0.15) is 0 Å². The van der Waals surface area contributed by atoms with Crippen molar-refractivity contribution in [3.63, 3.8) is 0 Å². The van der Waals surface area contributed by atoms with Crippen LogP contribution < -0.4 is 0 Å². The minimum atomic E-state index is -2.92. The maximum Gasteiger partial charge on any atom is 0.312 e. The van der Waals surface area contributed by atoms with Gasteiger partial charge in [0, 0.05) is 5.92 Å². The van der Waals surface area contributed by atoms with E-state index >= 15 is 0 Å². The van der Waals surface area contributed by atoms with Gasteiger partial charge in [-0.25, -0.2) is 8.42 Å². The third-order valence-corrected chi connectivity index (χ3v) is 4.40. The van der Waals surface area contributed by atoms with Gasteiger partial charge in [-0.05, 0) is 12.8 Å². The zero-order chi connectivity index (χ0) is 12.5. The van der Waals surface area contributed by atoms with E-state index in [1.165, 1.54) is 0 Å². The van der Waals surface area contributed by atoms with E-state index in [9.17, 15) is 13.2 Å². The van der Waals surface area contributed by atoms with Crippen LogP contribution in [0.25, 0.3) is 0 Å². The quantitative estimate of drug-likeness (QED) is 0.813. The number of nitrogens with zero attached hydrogens (tertiary/aromatic N) is 2. The summed E-state index contributed by atoms with van der Waals surface area (Å²) >= 11 is 0. The van der Waals surface area contributed by atoms with Gasteiger partial charge in [0.1, 0.15) is 16.3 Å². The van der Waals surface area contributed by atoms with Crippen LogP contribution in [0.3, 0.4) is 0 Å². The lowest BCUT2D eigenvalue weighted by Gasteiger charge is -2.18. The highest BCUT2D eigenvalue weighted by Gasteiger charge is 2.28. The van der Waals surface area contributed by atoms with E-state index in [0.29, 0.717) is 18.7 Å². The van der Waals surface area contributed by atoms with Gasteiger partial charge < -0.3 is 9.52 Å². The number of aromatic nitrogens is 2. The topological polar surface area (TPSA) is 110 Å². The molecule has 0 radical (unpaired) electrons. The van der Waals surface area contributed by atoms with Crippen molar-refractivity contribution in [1.82, 2.24) is 10.2 Å². The summed E-state index contributed by atoms with van der Waals surface area (Å²) in [5.41, 5.74) is 0. The van der Waals surface area contributed by atoms with Gasteiger partial charge in [-0.3, -0.25) is 4.79 Å². The predicted octanol–water partition coefficient (Wildman–Crippen LogP) is -0.0111. The second-order valence-corrected chi connectivity index (χ2v) is 6.33. The Balaban J connectivity index is 2.04. The molecular formula is C9H12N2O5S. The average molecular weight is 260 g/mol. The van der Waals surface area contributed by atoms with Crippen molar-refractivity contribution in [2.45, 2.75) is 25.2 Å². The number of carbonyl (C=O) groups is 1. The van der Waals surface area contributed by atoms with Crippen LogP contribution in [0.2, 0.25) is 0 Å². The number of hydrogen-bond donors (Lipinski definition) is 1. The summed E-state index contributed by atoms with van der Waals surface area (Å²) in [7, 11) is -2.92. The highest BCUT2D eigenvalue weighted by Crippen LogP contribution is 2.28. The fourth-order valence-corrected chi connectivity index (χ4v) is 3.26. The maximum absolute atomic E-state index is 11.2. The van der Waals surface area contributed by atoms with Crippen LogP contribution in [-0.4, -0.2) is 41.2 Å². The molecule has 2 rings (SSSR count). The van der Waals surface area contributed by atoms with E-state index in [4.69, 9.17) is 9.52 Å². The van der Waals surface area contributed by atoms with Crippen molar-refractivity contribution in [3.05, 3.63) is 11.8 Å². The minimum absolute atomic E-state index is 0.0564. The summed E-state index contributed by atoms with van der Waals surface area (Å²) in [6.45, 7) is 0. The zero-order valence-corrected chi connectivity index (χ0v) is 9.81. The minimum Gasteiger partial charge on any atom is -0.481 e. The average Bonchev–Trinajstić information content (AvgIpc) is 2.65. The second-order valence-electron chi connectivity index (χ2n) is 4.03. The Hall–Kier alpha value is -1.44. The lowest BCUT2D eigenvalue weighted by Crippen LogP contribution is -2.22. The fraction of sp³-hybridized carbons (Fsp3) is 0.667. The predicted molar refractivity (Wildman–Crippen MR) is 56.3 cm³/mol. The molecule has 94 valence electrons. The summed E-state index contributed by atoms with van der Waals surface area (Å²) in [5, 5.41) is 15.9. The van der Waals surface area contributed by atoms with E-state index in [1.54, 1.807) is 0 Å². The summed E-state index contributed by atoms with van der Waals surface area (Å²) < 4.78 is 27.7. The largest absolute Gasteiger partial charge is 0.481 e. The number of carboxylic acid groups (broad SMARTS) is 1. The van der Waals surface area contributed by atoms with Crippen molar-refractivity contribution in [2.24, 2.45) is 0 Å². The Morgan fingerprint density at radius 3 is 2.59 bits per heavy atom. The van der Waals surface area contributed by atoms with E-state index in [2.05, 4.69) is 10.2 Å². The van der Waals surface area contributed by atoms with Crippen molar-refractivity contribution < 1.29 is 22.7 Å². The van der Waals surface area contributed by atoms with Crippen LogP contribution in [-0.2, 0) is 21.1 Å². The molecule has 1 aliphatic rings. The summed E-state index contributed by atoms with van der Waals surface area (Å²) in [4.78, 5) is 10.4. The molecule has 0 unspecified atom stereocenters. The van der Waals surface area contributed by atoms with Crippen LogP contribution in [0, 0.1) is 0 Å². The molecule has 0 saturated carbocycles. The van der Waals surface area contributed by atoms with Gasteiger partial charge in [-0.15, -0.1) is 10.2 Å². The first-order chi connectivity index (χ1) is 7.96. The summed E-state index contributed by atoms with van der Waals surface area (Å²) in [6.07, 6.45) is 0.603. The number of carboxylic acids is 1. The van der Waals surface area contributed by atoms with Crippen LogP contribution in [0.5, 0.6) is 0 Å². The molecule has 1 saturated heterocycles. The SMILES string of the molecule is O=C(O)Cc1nnc(C2CCS(=O)(=O)CC2)o1.